The fourth-order valence-electron chi connectivity index (χ4n) is 4.44. The monoisotopic (exact) mass is 269 g/mol. The predicted molar refractivity (Wildman–Crippen MR) is 78.0 cm³/mol. The number of methoxy groups -OCH3 is 1. The van der Waals surface area contributed by atoms with Crippen molar-refractivity contribution >= 4 is 0 Å². The molecule has 2 atom stereocenters. The first kappa shape index (κ1) is 15.3. The lowest BCUT2D eigenvalue weighted by atomic mass is 9.59. The molecule has 0 radical (unpaired) electrons. The number of hydrogen-bond donors (Lipinski definition) is 2. The van der Waals surface area contributed by atoms with Crippen molar-refractivity contribution in [3.8, 4) is 0 Å². The number of nitrogens with two attached hydrogens (primary N) is 1. The van der Waals surface area contributed by atoms with Crippen LogP contribution in [0.3, 0.4) is 0 Å². The van der Waals surface area contributed by atoms with Crippen LogP contribution >= 0.6 is 0 Å². The highest BCUT2D eigenvalue weighted by atomic mass is 16.5. The first-order chi connectivity index (χ1) is 9.18. The van der Waals surface area contributed by atoms with Crippen molar-refractivity contribution in [2.75, 3.05) is 13.7 Å². The maximum Gasteiger partial charge on any atom is 0.0975 e. The van der Waals surface area contributed by atoms with E-state index in [-0.39, 0.29) is 11.5 Å². The average Bonchev–Trinajstić information content (AvgIpc) is 2.39. The Morgan fingerprint density at radius 2 is 1.58 bits per heavy atom. The van der Waals surface area contributed by atoms with Crippen molar-refractivity contribution in [3.05, 3.63) is 0 Å². The number of aliphatic hydroxyl groups is 1. The molecule has 19 heavy (non-hydrogen) atoms. The summed E-state index contributed by atoms with van der Waals surface area (Å²) in [7, 11) is 1.74. The van der Waals surface area contributed by atoms with Crippen LogP contribution < -0.4 is 5.73 Å². The lowest BCUT2D eigenvalue weighted by molar-refractivity contribution is -0.192. The third kappa shape index (κ3) is 2.84. The molecule has 0 heterocycles. The molecule has 3 N–H and O–H groups in total. The van der Waals surface area contributed by atoms with Gasteiger partial charge in [0.1, 0.15) is 0 Å². The lowest BCUT2D eigenvalue weighted by Gasteiger charge is -2.53. The summed E-state index contributed by atoms with van der Waals surface area (Å²) < 4.78 is 5.65. The minimum absolute atomic E-state index is 0.0239. The van der Waals surface area contributed by atoms with Crippen LogP contribution in [-0.2, 0) is 4.74 Å². The molecule has 2 unspecified atom stereocenters. The van der Waals surface area contributed by atoms with Crippen molar-refractivity contribution < 1.29 is 9.84 Å². The second-order valence-corrected chi connectivity index (χ2v) is 6.65. The summed E-state index contributed by atoms with van der Waals surface area (Å²) in [5, 5.41) is 11.4. The van der Waals surface area contributed by atoms with Gasteiger partial charge in [-0.3, -0.25) is 0 Å². The van der Waals surface area contributed by atoms with Crippen LogP contribution in [-0.4, -0.2) is 30.5 Å². The standard InChI is InChI=1S/C16H31NO2/c1-19-14-9-5-8-12-16(14,18)15(13-17)10-6-3-2-4-7-11-15/h14,18H,2-13,17H2,1H3. The first-order valence-electron chi connectivity index (χ1n) is 8.14. The zero-order chi connectivity index (χ0) is 13.8. The Labute approximate surface area is 117 Å². The molecule has 3 heteroatoms. The summed E-state index contributed by atoms with van der Waals surface area (Å²) in [5.74, 6) is 0. The molecular formula is C16H31NO2. The molecular weight excluding hydrogens is 238 g/mol. The van der Waals surface area contributed by atoms with Gasteiger partial charge in [-0.1, -0.05) is 44.9 Å². The zero-order valence-electron chi connectivity index (χ0n) is 12.5. The highest BCUT2D eigenvalue weighted by Gasteiger charge is 2.54. The average molecular weight is 269 g/mol. The van der Waals surface area contributed by atoms with Crippen molar-refractivity contribution in [3.63, 3.8) is 0 Å². The first-order valence-corrected chi connectivity index (χ1v) is 8.14. The van der Waals surface area contributed by atoms with E-state index in [4.69, 9.17) is 10.5 Å². The highest BCUT2D eigenvalue weighted by molar-refractivity contribution is 5.06. The Hall–Kier alpha value is -0.120. The van der Waals surface area contributed by atoms with E-state index < -0.39 is 5.60 Å². The van der Waals surface area contributed by atoms with E-state index in [1.807, 2.05) is 0 Å². The molecule has 0 saturated heterocycles. The minimum Gasteiger partial charge on any atom is -0.387 e. The third-order valence-electron chi connectivity index (χ3n) is 5.71. The molecule has 2 aliphatic carbocycles. The third-order valence-corrected chi connectivity index (χ3v) is 5.71. The van der Waals surface area contributed by atoms with Crippen molar-refractivity contribution in [2.24, 2.45) is 11.1 Å². The molecule has 0 aliphatic heterocycles. The largest absolute Gasteiger partial charge is 0.387 e. The summed E-state index contributed by atoms with van der Waals surface area (Å²) in [4.78, 5) is 0. The molecule has 112 valence electrons. The molecule has 2 aliphatic rings. The second kappa shape index (κ2) is 6.55. The quantitative estimate of drug-likeness (QED) is 0.828. The fourth-order valence-corrected chi connectivity index (χ4v) is 4.44. The number of rotatable bonds is 3. The van der Waals surface area contributed by atoms with Gasteiger partial charge in [0.15, 0.2) is 0 Å². The molecule has 0 bridgehead atoms. The molecule has 0 amide bonds. The number of ether oxygens (including phenoxy) is 1. The Morgan fingerprint density at radius 1 is 1.00 bits per heavy atom. The van der Waals surface area contributed by atoms with E-state index in [2.05, 4.69) is 0 Å². The Bertz CT molecular complexity index is 274. The predicted octanol–water partition coefficient (Wildman–Crippen LogP) is 3.00. The Balaban J connectivity index is 2.24. The van der Waals surface area contributed by atoms with Gasteiger partial charge in [0.05, 0.1) is 11.7 Å². The normalized spacial score (nSPS) is 36.5. The zero-order valence-corrected chi connectivity index (χ0v) is 12.5. The maximum atomic E-state index is 11.4. The molecule has 0 aromatic rings. The van der Waals surface area contributed by atoms with Gasteiger partial charge < -0.3 is 15.6 Å². The van der Waals surface area contributed by atoms with E-state index in [9.17, 15) is 5.11 Å². The molecule has 2 rings (SSSR count). The lowest BCUT2D eigenvalue weighted by Crippen LogP contribution is -2.61. The van der Waals surface area contributed by atoms with Gasteiger partial charge in [-0.2, -0.15) is 0 Å². The van der Waals surface area contributed by atoms with Crippen LogP contribution in [0.15, 0.2) is 0 Å². The molecule has 0 aromatic heterocycles. The summed E-state index contributed by atoms with van der Waals surface area (Å²) in [6.07, 6.45) is 12.6. The summed E-state index contributed by atoms with van der Waals surface area (Å²) in [5.41, 5.74) is 5.36. The summed E-state index contributed by atoms with van der Waals surface area (Å²) >= 11 is 0. The van der Waals surface area contributed by atoms with E-state index in [0.717, 1.165) is 32.1 Å². The van der Waals surface area contributed by atoms with Crippen LogP contribution in [0.5, 0.6) is 0 Å². The topological polar surface area (TPSA) is 55.5 Å². The fraction of sp³-hybridized carbons (Fsp3) is 1.00. The summed E-state index contributed by atoms with van der Waals surface area (Å²) in [6.45, 7) is 0.601. The van der Waals surface area contributed by atoms with E-state index in [1.54, 1.807) is 7.11 Å². The van der Waals surface area contributed by atoms with Gasteiger partial charge in [0.25, 0.3) is 0 Å². The minimum atomic E-state index is -0.702. The smallest absolute Gasteiger partial charge is 0.0975 e. The van der Waals surface area contributed by atoms with Gasteiger partial charge >= 0.3 is 0 Å². The Kier molecular flexibility index (Phi) is 5.27. The van der Waals surface area contributed by atoms with Crippen LogP contribution in [0.1, 0.15) is 70.6 Å². The van der Waals surface area contributed by atoms with Gasteiger partial charge in [-0.25, -0.2) is 0 Å². The highest BCUT2D eigenvalue weighted by Crippen LogP contribution is 2.50. The van der Waals surface area contributed by atoms with Crippen LogP contribution in [0.4, 0.5) is 0 Å². The van der Waals surface area contributed by atoms with E-state index in [1.165, 1.54) is 38.5 Å². The molecule has 3 nitrogen and oxygen atoms in total. The molecule has 2 fully saturated rings. The second-order valence-electron chi connectivity index (χ2n) is 6.65. The molecule has 0 spiro atoms. The van der Waals surface area contributed by atoms with Gasteiger partial charge in [-0.15, -0.1) is 0 Å². The maximum absolute atomic E-state index is 11.4. The number of hydrogen-bond acceptors (Lipinski definition) is 3. The van der Waals surface area contributed by atoms with Gasteiger partial charge in [-0.05, 0) is 25.7 Å². The van der Waals surface area contributed by atoms with Crippen LogP contribution in [0, 0.1) is 5.41 Å². The van der Waals surface area contributed by atoms with E-state index in [0.29, 0.717) is 6.54 Å². The van der Waals surface area contributed by atoms with Crippen LogP contribution in [0.25, 0.3) is 0 Å². The molecule has 2 saturated carbocycles. The van der Waals surface area contributed by atoms with E-state index >= 15 is 0 Å². The van der Waals surface area contributed by atoms with Crippen molar-refractivity contribution in [1.29, 1.82) is 0 Å². The molecule has 0 aromatic carbocycles. The van der Waals surface area contributed by atoms with Crippen molar-refractivity contribution in [2.45, 2.75) is 82.3 Å². The Morgan fingerprint density at radius 3 is 2.16 bits per heavy atom. The van der Waals surface area contributed by atoms with Gasteiger partial charge in [0.2, 0.25) is 0 Å². The van der Waals surface area contributed by atoms with Gasteiger partial charge in [0, 0.05) is 19.1 Å². The summed E-state index contributed by atoms with van der Waals surface area (Å²) in [6, 6.07) is 0. The van der Waals surface area contributed by atoms with Crippen LogP contribution in [0.2, 0.25) is 0 Å². The van der Waals surface area contributed by atoms with Crippen molar-refractivity contribution in [1.82, 2.24) is 0 Å². The SMILES string of the molecule is COC1CCCCC1(O)C1(CN)CCCCCCC1.